The lowest BCUT2D eigenvalue weighted by Crippen LogP contribution is -2.35. The monoisotopic (exact) mass is 563 g/mol. The third-order valence-corrected chi connectivity index (χ3v) is 8.31. The molecule has 44 heavy (non-hydrogen) atoms. The molecule has 7 aromatic carbocycles. The van der Waals surface area contributed by atoms with Crippen molar-refractivity contribution in [2.75, 3.05) is 0 Å². The van der Waals surface area contributed by atoms with Crippen LogP contribution < -0.4 is 5.32 Å². The van der Waals surface area contributed by atoms with E-state index in [0.717, 1.165) is 28.4 Å². The molecule has 0 saturated carbocycles. The number of amidine groups is 2. The summed E-state index contributed by atoms with van der Waals surface area (Å²) in [6.07, 6.45) is -0.402. The summed E-state index contributed by atoms with van der Waals surface area (Å²) in [4.78, 5) is 10.3. The van der Waals surface area contributed by atoms with Crippen molar-refractivity contribution in [2.45, 2.75) is 6.17 Å². The van der Waals surface area contributed by atoms with Crippen LogP contribution in [0.3, 0.4) is 0 Å². The smallest absolute Gasteiger partial charge is 0.169 e. The maximum absolute atomic E-state index is 5.17. The second-order valence-corrected chi connectivity index (χ2v) is 11.0. The maximum Gasteiger partial charge on any atom is 0.169 e. The van der Waals surface area contributed by atoms with Crippen molar-refractivity contribution in [2.24, 2.45) is 9.98 Å². The van der Waals surface area contributed by atoms with E-state index in [1.54, 1.807) is 0 Å². The van der Waals surface area contributed by atoms with Crippen LogP contribution in [0.2, 0.25) is 0 Å². The van der Waals surface area contributed by atoms with E-state index in [4.69, 9.17) is 9.98 Å². The summed E-state index contributed by atoms with van der Waals surface area (Å²) in [5.41, 5.74) is 7.98. The zero-order valence-electron chi connectivity index (χ0n) is 24.1. The minimum absolute atomic E-state index is 0.402. The highest BCUT2D eigenvalue weighted by atomic mass is 15.2. The number of hydrogen-bond donors (Lipinski definition) is 1. The third-order valence-electron chi connectivity index (χ3n) is 8.31. The fraction of sp³-hybridized carbons (Fsp3) is 0.0244. The van der Waals surface area contributed by atoms with Crippen LogP contribution in [0.15, 0.2) is 174 Å². The van der Waals surface area contributed by atoms with E-state index < -0.39 is 6.17 Å². The predicted molar refractivity (Wildman–Crippen MR) is 184 cm³/mol. The van der Waals surface area contributed by atoms with Gasteiger partial charge < -0.3 is 5.32 Å². The summed E-state index contributed by atoms with van der Waals surface area (Å²) < 4.78 is 0. The van der Waals surface area contributed by atoms with Crippen molar-refractivity contribution >= 4 is 33.2 Å². The highest BCUT2D eigenvalue weighted by Gasteiger charge is 2.23. The molecule has 8 rings (SSSR count). The van der Waals surface area contributed by atoms with Gasteiger partial charge in [0.1, 0.15) is 11.7 Å². The van der Waals surface area contributed by atoms with Gasteiger partial charge in [0, 0.05) is 11.1 Å². The highest BCUT2D eigenvalue weighted by Crippen LogP contribution is 2.44. The molecule has 0 bridgehead atoms. The Kier molecular flexibility index (Phi) is 6.54. The summed E-state index contributed by atoms with van der Waals surface area (Å²) in [6, 6.07) is 57.6. The van der Waals surface area contributed by atoms with Gasteiger partial charge in [0.05, 0.1) is 0 Å². The van der Waals surface area contributed by atoms with Gasteiger partial charge in [0.25, 0.3) is 0 Å². The normalized spacial score (nSPS) is 13.4. The number of aliphatic imine (C=N–C) groups is 2. The molecule has 3 nitrogen and oxygen atoms in total. The summed E-state index contributed by atoms with van der Waals surface area (Å²) in [5, 5.41) is 8.40. The largest absolute Gasteiger partial charge is 0.324 e. The standard InChI is InChI=1S/C41H29N3/c1-5-15-28(16-6-1)37-33-23-13-14-24-34(33)38(29-17-7-2-8-18-29)36-27-32(25-26-35(36)37)41-43-39(30-19-9-3-10-20-30)42-40(44-41)31-21-11-4-12-22-31/h1-27,41H,(H,42,43,44). The first-order chi connectivity index (χ1) is 21.8. The van der Waals surface area contributed by atoms with E-state index in [2.05, 4.69) is 133 Å². The number of nitrogens with one attached hydrogen (secondary N) is 1. The lowest BCUT2D eigenvalue weighted by molar-refractivity contribution is 0.757. The Morgan fingerprint density at radius 3 is 1.23 bits per heavy atom. The number of benzene rings is 7. The molecule has 3 heteroatoms. The topological polar surface area (TPSA) is 36.8 Å². The molecule has 0 fully saturated rings. The van der Waals surface area contributed by atoms with Crippen LogP contribution in [-0.4, -0.2) is 11.7 Å². The van der Waals surface area contributed by atoms with Gasteiger partial charge in [-0.1, -0.05) is 158 Å². The number of hydrogen-bond acceptors (Lipinski definition) is 3. The third kappa shape index (κ3) is 4.65. The Morgan fingerprint density at radius 2 is 0.750 bits per heavy atom. The fourth-order valence-corrected chi connectivity index (χ4v) is 6.27. The van der Waals surface area contributed by atoms with Crippen LogP contribution in [0, 0.1) is 0 Å². The average Bonchev–Trinajstić information content (AvgIpc) is 3.11. The van der Waals surface area contributed by atoms with Crippen molar-refractivity contribution in [3.63, 3.8) is 0 Å². The van der Waals surface area contributed by atoms with E-state index in [-0.39, 0.29) is 0 Å². The summed E-state index contributed by atoms with van der Waals surface area (Å²) in [5.74, 6) is 1.63. The predicted octanol–water partition coefficient (Wildman–Crippen LogP) is 9.82. The molecule has 1 N–H and O–H groups in total. The van der Waals surface area contributed by atoms with Crippen molar-refractivity contribution < 1.29 is 0 Å². The van der Waals surface area contributed by atoms with Crippen molar-refractivity contribution in [3.8, 4) is 22.3 Å². The van der Waals surface area contributed by atoms with E-state index >= 15 is 0 Å². The second-order valence-electron chi connectivity index (χ2n) is 11.0. The molecule has 1 heterocycles. The number of fused-ring (bicyclic) bond motifs is 2. The van der Waals surface area contributed by atoms with Gasteiger partial charge in [0.2, 0.25) is 0 Å². The van der Waals surface area contributed by atoms with Gasteiger partial charge in [-0.15, -0.1) is 0 Å². The lowest BCUT2D eigenvalue weighted by Gasteiger charge is -2.23. The molecule has 0 saturated heterocycles. The second kappa shape index (κ2) is 11.1. The molecule has 7 aromatic rings. The van der Waals surface area contributed by atoms with Gasteiger partial charge in [-0.05, 0) is 55.4 Å². The first-order valence-electron chi connectivity index (χ1n) is 15.0. The van der Waals surface area contributed by atoms with E-state index in [1.165, 1.54) is 43.8 Å². The van der Waals surface area contributed by atoms with Gasteiger partial charge in [0.15, 0.2) is 6.17 Å². The molecule has 208 valence electrons. The summed E-state index contributed by atoms with van der Waals surface area (Å²) in [6.45, 7) is 0. The average molecular weight is 564 g/mol. The Morgan fingerprint density at radius 1 is 0.364 bits per heavy atom. The first kappa shape index (κ1) is 25.9. The quantitative estimate of drug-likeness (QED) is 0.208. The molecule has 0 spiro atoms. The Bertz CT molecular complexity index is 2110. The molecular weight excluding hydrogens is 534 g/mol. The molecule has 1 aliphatic heterocycles. The van der Waals surface area contributed by atoms with E-state index in [1.807, 2.05) is 36.4 Å². The van der Waals surface area contributed by atoms with E-state index in [9.17, 15) is 0 Å². The van der Waals surface area contributed by atoms with Crippen molar-refractivity contribution in [1.29, 1.82) is 0 Å². The van der Waals surface area contributed by atoms with Gasteiger partial charge in [-0.3, -0.25) is 0 Å². The summed E-state index contributed by atoms with van der Waals surface area (Å²) in [7, 11) is 0. The van der Waals surface area contributed by atoms with Crippen molar-refractivity contribution in [1.82, 2.24) is 5.32 Å². The molecular formula is C41H29N3. The molecule has 1 aliphatic rings. The van der Waals surface area contributed by atoms with Crippen LogP contribution >= 0.6 is 0 Å². The van der Waals surface area contributed by atoms with Gasteiger partial charge >= 0.3 is 0 Å². The maximum atomic E-state index is 5.17. The lowest BCUT2D eigenvalue weighted by atomic mass is 9.85. The minimum Gasteiger partial charge on any atom is -0.324 e. The number of nitrogens with zero attached hydrogens (tertiary/aromatic N) is 2. The van der Waals surface area contributed by atoms with E-state index in [0.29, 0.717) is 0 Å². The minimum atomic E-state index is -0.402. The highest BCUT2D eigenvalue weighted by molar-refractivity contribution is 6.21. The fourth-order valence-electron chi connectivity index (χ4n) is 6.27. The van der Waals surface area contributed by atoms with Crippen LogP contribution in [0.4, 0.5) is 0 Å². The zero-order chi connectivity index (χ0) is 29.3. The molecule has 0 amide bonds. The summed E-state index contributed by atoms with van der Waals surface area (Å²) >= 11 is 0. The molecule has 0 aromatic heterocycles. The van der Waals surface area contributed by atoms with Crippen LogP contribution in [0.1, 0.15) is 22.9 Å². The molecule has 0 aliphatic carbocycles. The van der Waals surface area contributed by atoms with Crippen molar-refractivity contribution in [3.05, 3.63) is 180 Å². The van der Waals surface area contributed by atoms with Crippen LogP contribution in [0.25, 0.3) is 43.8 Å². The molecule has 0 atom stereocenters. The SMILES string of the molecule is c1ccc(C2=NC(c3ccc4c(-c5ccccc5)c5ccccc5c(-c5ccccc5)c4c3)N=C(c3ccccc3)N2)cc1. The Hall–Kier alpha value is -5.80. The van der Waals surface area contributed by atoms with Gasteiger partial charge in [-0.25, -0.2) is 9.98 Å². The molecule has 0 radical (unpaired) electrons. The van der Waals surface area contributed by atoms with Crippen LogP contribution in [-0.2, 0) is 0 Å². The zero-order valence-corrected chi connectivity index (χ0v) is 24.1. The van der Waals surface area contributed by atoms with Crippen LogP contribution in [0.5, 0.6) is 0 Å². The Labute approximate surface area is 256 Å². The molecule has 0 unspecified atom stereocenters. The Balaban J connectivity index is 1.40. The van der Waals surface area contributed by atoms with Gasteiger partial charge in [-0.2, -0.15) is 0 Å². The number of rotatable bonds is 5. The first-order valence-corrected chi connectivity index (χ1v) is 15.0.